The lowest BCUT2D eigenvalue weighted by Crippen LogP contribution is -2.38. The smallest absolute Gasteiger partial charge is 0.387 e. The molecular weight excluding hydrogens is 511 g/mol. The summed E-state index contributed by atoms with van der Waals surface area (Å²) in [6, 6.07) is 10.0. The molecule has 1 aliphatic rings. The van der Waals surface area contributed by atoms with Crippen LogP contribution in [0.3, 0.4) is 0 Å². The van der Waals surface area contributed by atoms with E-state index in [1.807, 2.05) is 13.0 Å². The number of rotatable bonds is 8. The van der Waals surface area contributed by atoms with Crippen LogP contribution in [0.2, 0.25) is 0 Å². The van der Waals surface area contributed by atoms with Crippen molar-refractivity contribution in [2.24, 2.45) is 4.99 Å². The van der Waals surface area contributed by atoms with Crippen LogP contribution >= 0.6 is 24.0 Å². The second-order valence-electron chi connectivity index (χ2n) is 6.23. The maximum absolute atomic E-state index is 12.8. The quantitative estimate of drug-likeness (QED) is 0.272. The Kier molecular flexibility index (Phi) is 9.21. The standard InChI is InChI=1S/C20H23F2N3O4.HI/c1-2-23-20(24-7-6-13-4-3-5-15(26)8-13)25-11-14-9-17-18(28-12-27-17)10-16(14)29-19(21)22;/h3-5,8-10,19,26H,2,6-7,11-12H2,1H3,(H2,23,24,25);1H. The van der Waals surface area contributed by atoms with Gasteiger partial charge in [-0.25, -0.2) is 4.99 Å². The lowest BCUT2D eigenvalue weighted by atomic mass is 10.1. The van der Waals surface area contributed by atoms with Crippen LogP contribution in [0.4, 0.5) is 8.78 Å². The van der Waals surface area contributed by atoms with Gasteiger partial charge in [-0.05, 0) is 37.1 Å². The van der Waals surface area contributed by atoms with Gasteiger partial charge >= 0.3 is 6.61 Å². The minimum absolute atomic E-state index is 0. The van der Waals surface area contributed by atoms with E-state index in [2.05, 4.69) is 20.4 Å². The van der Waals surface area contributed by atoms with Crippen LogP contribution in [0, 0.1) is 0 Å². The lowest BCUT2D eigenvalue weighted by molar-refractivity contribution is -0.0505. The lowest BCUT2D eigenvalue weighted by Gasteiger charge is -2.13. The van der Waals surface area contributed by atoms with Gasteiger partial charge in [-0.3, -0.25) is 0 Å². The van der Waals surface area contributed by atoms with E-state index in [9.17, 15) is 13.9 Å². The Morgan fingerprint density at radius 1 is 1.20 bits per heavy atom. The topological polar surface area (TPSA) is 84.3 Å². The van der Waals surface area contributed by atoms with Gasteiger partial charge in [-0.1, -0.05) is 12.1 Å². The summed E-state index contributed by atoms with van der Waals surface area (Å²) in [5.41, 5.74) is 1.44. The Bertz CT molecular complexity index is 868. The molecule has 0 aliphatic carbocycles. The van der Waals surface area contributed by atoms with Gasteiger partial charge in [-0.15, -0.1) is 24.0 Å². The fraction of sp³-hybridized carbons (Fsp3) is 0.350. The number of fused-ring (bicyclic) bond motifs is 1. The first-order valence-corrected chi connectivity index (χ1v) is 9.22. The Balaban J connectivity index is 0.00000320. The Morgan fingerprint density at radius 2 is 1.97 bits per heavy atom. The molecule has 0 bridgehead atoms. The van der Waals surface area contributed by atoms with E-state index in [0.29, 0.717) is 42.5 Å². The van der Waals surface area contributed by atoms with Crippen molar-refractivity contribution in [2.45, 2.75) is 26.5 Å². The molecule has 0 atom stereocenters. The molecule has 30 heavy (non-hydrogen) atoms. The van der Waals surface area contributed by atoms with Gasteiger partial charge in [-0.2, -0.15) is 8.78 Å². The molecule has 7 nitrogen and oxygen atoms in total. The molecule has 2 aromatic carbocycles. The number of phenols is 1. The summed E-state index contributed by atoms with van der Waals surface area (Å²) in [4.78, 5) is 4.45. The number of alkyl halides is 2. The zero-order valence-electron chi connectivity index (χ0n) is 16.4. The average molecular weight is 535 g/mol. The molecule has 164 valence electrons. The highest BCUT2D eigenvalue weighted by atomic mass is 127. The van der Waals surface area contributed by atoms with Crippen LogP contribution in [0.25, 0.3) is 0 Å². The molecule has 0 saturated heterocycles. The number of guanidine groups is 1. The summed E-state index contributed by atoms with van der Waals surface area (Å²) in [6.45, 7) is 0.344. The maximum atomic E-state index is 12.8. The molecule has 10 heteroatoms. The van der Waals surface area contributed by atoms with Crippen molar-refractivity contribution in [3.63, 3.8) is 0 Å². The average Bonchev–Trinajstić information content (AvgIpc) is 3.12. The Labute approximate surface area is 190 Å². The Hall–Kier alpha value is -2.50. The normalized spacial score (nSPS) is 12.5. The van der Waals surface area contributed by atoms with Crippen LogP contribution in [-0.2, 0) is 13.0 Å². The van der Waals surface area contributed by atoms with Crippen LogP contribution in [0.1, 0.15) is 18.1 Å². The minimum Gasteiger partial charge on any atom is -0.508 e. The molecule has 0 saturated carbocycles. The fourth-order valence-corrected chi connectivity index (χ4v) is 2.84. The molecule has 2 aromatic rings. The highest BCUT2D eigenvalue weighted by Gasteiger charge is 2.20. The van der Waals surface area contributed by atoms with E-state index >= 15 is 0 Å². The predicted octanol–water partition coefficient (Wildman–Crippen LogP) is 3.64. The summed E-state index contributed by atoms with van der Waals surface area (Å²) >= 11 is 0. The van der Waals surface area contributed by atoms with Gasteiger partial charge in [0.1, 0.15) is 11.5 Å². The first kappa shape index (κ1) is 23.8. The first-order chi connectivity index (χ1) is 14.0. The number of hydrogen-bond acceptors (Lipinski definition) is 5. The van der Waals surface area contributed by atoms with Gasteiger partial charge in [0.2, 0.25) is 6.79 Å². The van der Waals surface area contributed by atoms with Crippen LogP contribution in [0.15, 0.2) is 41.4 Å². The highest BCUT2D eigenvalue weighted by Crippen LogP contribution is 2.39. The first-order valence-electron chi connectivity index (χ1n) is 9.22. The fourth-order valence-electron chi connectivity index (χ4n) is 2.84. The summed E-state index contributed by atoms with van der Waals surface area (Å²) in [5, 5.41) is 15.8. The largest absolute Gasteiger partial charge is 0.508 e. The van der Waals surface area contributed by atoms with E-state index in [4.69, 9.17) is 9.47 Å². The van der Waals surface area contributed by atoms with Crippen molar-refractivity contribution in [3.05, 3.63) is 47.5 Å². The number of benzene rings is 2. The number of nitrogens with zero attached hydrogens (tertiary/aromatic N) is 1. The van der Waals surface area contributed by atoms with Gasteiger partial charge in [0.05, 0.1) is 6.54 Å². The second-order valence-corrected chi connectivity index (χ2v) is 6.23. The van der Waals surface area contributed by atoms with Crippen LogP contribution in [-0.4, -0.2) is 37.6 Å². The molecular formula is C20H24F2IN3O4. The molecule has 1 aliphatic heterocycles. The van der Waals surface area contributed by atoms with Crippen molar-refractivity contribution >= 4 is 29.9 Å². The van der Waals surface area contributed by atoms with Crippen molar-refractivity contribution in [3.8, 4) is 23.0 Å². The molecule has 0 radical (unpaired) electrons. The molecule has 0 aromatic heterocycles. The number of nitrogens with one attached hydrogen (secondary N) is 2. The van der Waals surface area contributed by atoms with Gasteiger partial charge < -0.3 is 30.0 Å². The van der Waals surface area contributed by atoms with E-state index < -0.39 is 6.61 Å². The highest BCUT2D eigenvalue weighted by molar-refractivity contribution is 14.0. The Morgan fingerprint density at radius 3 is 2.67 bits per heavy atom. The summed E-state index contributed by atoms with van der Waals surface area (Å²) in [7, 11) is 0. The van der Waals surface area contributed by atoms with Crippen LogP contribution < -0.4 is 24.8 Å². The number of hydrogen-bond donors (Lipinski definition) is 3. The van der Waals surface area contributed by atoms with Crippen molar-refractivity contribution < 1.29 is 28.1 Å². The van der Waals surface area contributed by atoms with Crippen molar-refractivity contribution in [2.75, 3.05) is 19.9 Å². The van der Waals surface area contributed by atoms with Crippen LogP contribution in [0.5, 0.6) is 23.0 Å². The molecule has 3 N–H and O–H groups in total. The molecule has 1 heterocycles. The second kappa shape index (κ2) is 11.6. The van der Waals surface area contributed by atoms with E-state index in [-0.39, 0.29) is 48.8 Å². The number of aliphatic imine (C=N–C) groups is 1. The molecule has 0 spiro atoms. The van der Waals surface area contributed by atoms with E-state index in [0.717, 1.165) is 5.56 Å². The van der Waals surface area contributed by atoms with E-state index in [1.54, 1.807) is 24.3 Å². The summed E-state index contributed by atoms with van der Waals surface area (Å²) in [6.07, 6.45) is 0.683. The number of phenolic OH excluding ortho intramolecular Hbond substituents is 1. The number of halogens is 3. The summed E-state index contributed by atoms with van der Waals surface area (Å²) < 4.78 is 40.7. The van der Waals surface area contributed by atoms with Crippen molar-refractivity contribution in [1.29, 1.82) is 0 Å². The zero-order chi connectivity index (χ0) is 20.6. The zero-order valence-corrected chi connectivity index (χ0v) is 18.7. The number of aromatic hydroxyl groups is 1. The SMILES string of the molecule is CCNC(=NCc1cc2c(cc1OC(F)F)OCO2)NCCc1cccc(O)c1.I. The predicted molar refractivity (Wildman–Crippen MR) is 119 cm³/mol. The van der Waals surface area contributed by atoms with Gasteiger partial charge in [0, 0.05) is 24.7 Å². The maximum Gasteiger partial charge on any atom is 0.387 e. The molecule has 0 amide bonds. The minimum atomic E-state index is -2.95. The molecule has 0 unspecified atom stereocenters. The van der Waals surface area contributed by atoms with E-state index in [1.165, 1.54) is 6.07 Å². The third-order valence-electron chi connectivity index (χ3n) is 4.14. The molecule has 3 rings (SSSR count). The van der Waals surface area contributed by atoms with Gasteiger partial charge in [0.15, 0.2) is 17.5 Å². The van der Waals surface area contributed by atoms with Crippen molar-refractivity contribution in [1.82, 2.24) is 10.6 Å². The molecule has 0 fully saturated rings. The third kappa shape index (κ3) is 6.78. The number of ether oxygens (including phenoxy) is 3. The van der Waals surface area contributed by atoms with Gasteiger partial charge in [0.25, 0.3) is 0 Å². The summed E-state index contributed by atoms with van der Waals surface area (Å²) in [5.74, 6) is 1.59. The third-order valence-corrected chi connectivity index (χ3v) is 4.14. The monoisotopic (exact) mass is 535 g/mol.